The molecule has 3 nitrogen and oxygen atoms in total. The molecule has 1 aromatic carbocycles. The highest BCUT2D eigenvalue weighted by Gasteiger charge is 2.02. The van der Waals surface area contributed by atoms with Crippen LogP contribution in [-0.4, -0.2) is 32.1 Å². The highest BCUT2D eigenvalue weighted by Crippen LogP contribution is 2.18. The van der Waals surface area contributed by atoms with Crippen LogP contribution in [0.3, 0.4) is 0 Å². The van der Waals surface area contributed by atoms with Crippen molar-refractivity contribution >= 4 is 0 Å². The number of nitriles is 1. The summed E-state index contributed by atoms with van der Waals surface area (Å²) in [6.07, 6.45) is 0.964. The molecular weight excluding hydrogens is 200 g/mol. The fourth-order valence-corrected chi connectivity index (χ4v) is 1.42. The van der Waals surface area contributed by atoms with Crippen molar-refractivity contribution in [3.8, 4) is 11.8 Å². The number of aryl methyl sites for hydroxylation is 1. The fraction of sp³-hybridized carbons (Fsp3) is 0.462. The molecule has 0 N–H and O–H groups in total. The molecule has 86 valence electrons. The van der Waals surface area contributed by atoms with E-state index in [1.807, 2.05) is 39.2 Å². The lowest BCUT2D eigenvalue weighted by Gasteiger charge is -2.11. The zero-order chi connectivity index (χ0) is 12.0. The van der Waals surface area contributed by atoms with Gasteiger partial charge >= 0.3 is 0 Å². The Labute approximate surface area is 97.3 Å². The molecule has 1 rings (SSSR count). The summed E-state index contributed by atoms with van der Waals surface area (Å²) in [4.78, 5) is 2.11. The van der Waals surface area contributed by atoms with E-state index in [4.69, 9.17) is 10.00 Å². The van der Waals surface area contributed by atoms with Crippen LogP contribution in [0.4, 0.5) is 0 Å². The third-order valence-corrected chi connectivity index (χ3v) is 2.26. The molecule has 0 aliphatic heterocycles. The molecule has 0 bridgehead atoms. The first kappa shape index (κ1) is 12.5. The van der Waals surface area contributed by atoms with Crippen LogP contribution in [0.15, 0.2) is 18.2 Å². The quantitative estimate of drug-likeness (QED) is 0.711. The van der Waals surface area contributed by atoms with E-state index < -0.39 is 0 Å². The van der Waals surface area contributed by atoms with Crippen molar-refractivity contribution in [1.82, 2.24) is 4.90 Å². The zero-order valence-electron chi connectivity index (χ0n) is 10.2. The average molecular weight is 218 g/mol. The summed E-state index contributed by atoms with van der Waals surface area (Å²) < 4.78 is 5.58. The summed E-state index contributed by atoms with van der Waals surface area (Å²) in [7, 11) is 4.07. The van der Waals surface area contributed by atoms with E-state index in [0.717, 1.165) is 18.5 Å². The Morgan fingerprint density at radius 3 is 2.75 bits per heavy atom. The van der Waals surface area contributed by atoms with Crippen LogP contribution in [0.25, 0.3) is 0 Å². The first-order chi connectivity index (χ1) is 7.63. The first-order valence-electron chi connectivity index (χ1n) is 5.42. The van der Waals surface area contributed by atoms with Gasteiger partial charge in [0.2, 0.25) is 0 Å². The Balaban J connectivity index is 2.51. The molecule has 0 aliphatic rings. The van der Waals surface area contributed by atoms with Gasteiger partial charge in [-0.25, -0.2) is 0 Å². The molecule has 16 heavy (non-hydrogen) atoms. The normalized spacial score (nSPS) is 10.2. The van der Waals surface area contributed by atoms with Gasteiger partial charge < -0.3 is 9.64 Å². The second-order valence-electron chi connectivity index (χ2n) is 4.12. The monoisotopic (exact) mass is 218 g/mol. The molecule has 0 saturated heterocycles. The standard InChI is InChI=1S/C13H18N2O/c1-11-5-6-13(12(9-11)10-14)16-8-4-7-15(2)3/h5-6,9H,4,7-8H2,1-3H3. The van der Waals surface area contributed by atoms with Crippen LogP contribution in [0.2, 0.25) is 0 Å². The Kier molecular flexibility index (Phi) is 4.81. The summed E-state index contributed by atoms with van der Waals surface area (Å²) in [6, 6.07) is 7.82. The van der Waals surface area contributed by atoms with Crippen LogP contribution < -0.4 is 4.74 Å². The molecule has 0 saturated carbocycles. The zero-order valence-corrected chi connectivity index (χ0v) is 10.2. The Morgan fingerprint density at radius 2 is 2.12 bits per heavy atom. The predicted octanol–water partition coefficient (Wildman–Crippen LogP) is 2.20. The summed E-state index contributed by atoms with van der Waals surface area (Å²) in [5.74, 6) is 0.687. The van der Waals surface area contributed by atoms with Crippen molar-refractivity contribution in [2.24, 2.45) is 0 Å². The van der Waals surface area contributed by atoms with Gasteiger partial charge in [0, 0.05) is 6.54 Å². The van der Waals surface area contributed by atoms with E-state index in [1.165, 1.54) is 0 Å². The topological polar surface area (TPSA) is 36.3 Å². The van der Waals surface area contributed by atoms with Crippen LogP contribution in [0, 0.1) is 18.3 Å². The number of benzene rings is 1. The summed E-state index contributed by atoms with van der Waals surface area (Å²) in [5.41, 5.74) is 1.70. The first-order valence-corrected chi connectivity index (χ1v) is 5.42. The van der Waals surface area contributed by atoms with Crippen LogP contribution >= 0.6 is 0 Å². The molecule has 0 fully saturated rings. The molecule has 0 unspecified atom stereocenters. The second-order valence-corrected chi connectivity index (χ2v) is 4.12. The van der Waals surface area contributed by atoms with Crippen molar-refractivity contribution in [2.75, 3.05) is 27.2 Å². The van der Waals surface area contributed by atoms with Gasteiger partial charge in [0.05, 0.1) is 12.2 Å². The maximum Gasteiger partial charge on any atom is 0.137 e. The Morgan fingerprint density at radius 1 is 1.38 bits per heavy atom. The van der Waals surface area contributed by atoms with Crippen molar-refractivity contribution in [3.05, 3.63) is 29.3 Å². The molecule has 0 aromatic heterocycles. The van der Waals surface area contributed by atoms with Gasteiger partial charge in [-0.05, 0) is 45.1 Å². The van der Waals surface area contributed by atoms with Crippen LogP contribution in [0.5, 0.6) is 5.75 Å². The largest absolute Gasteiger partial charge is 0.492 e. The number of nitrogens with zero attached hydrogens (tertiary/aromatic N) is 2. The number of rotatable bonds is 5. The Hall–Kier alpha value is -1.53. The van der Waals surface area contributed by atoms with Crippen LogP contribution in [-0.2, 0) is 0 Å². The van der Waals surface area contributed by atoms with Crippen molar-refractivity contribution < 1.29 is 4.74 Å². The molecule has 0 amide bonds. The van der Waals surface area contributed by atoms with Crippen molar-refractivity contribution in [3.63, 3.8) is 0 Å². The lowest BCUT2D eigenvalue weighted by atomic mass is 10.1. The van der Waals surface area contributed by atoms with Gasteiger partial charge in [0.15, 0.2) is 0 Å². The fourth-order valence-electron chi connectivity index (χ4n) is 1.42. The SMILES string of the molecule is Cc1ccc(OCCCN(C)C)c(C#N)c1. The Bertz CT molecular complexity index is 380. The lowest BCUT2D eigenvalue weighted by molar-refractivity contribution is 0.281. The molecule has 1 aromatic rings. The van der Waals surface area contributed by atoms with Crippen molar-refractivity contribution in [2.45, 2.75) is 13.3 Å². The van der Waals surface area contributed by atoms with Gasteiger partial charge in [-0.3, -0.25) is 0 Å². The predicted molar refractivity (Wildman–Crippen MR) is 64.6 cm³/mol. The van der Waals surface area contributed by atoms with Gasteiger partial charge in [-0.2, -0.15) is 5.26 Å². The minimum Gasteiger partial charge on any atom is -0.492 e. The van der Waals surface area contributed by atoms with Gasteiger partial charge in [0.25, 0.3) is 0 Å². The van der Waals surface area contributed by atoms with Gasteiger partial charge in [-0.1, -0.05) is 6.07 Å². The molecule has 0 atom stereocenters. The van der Waals surface area contributed by atoms with E-state index in [0.29, 0.717) is 17.9 Å². The van der Waals surface area contributed by atoms with E-state index in [-0.39, 0.29) is 0 Å². The van der Waals surface area contributed by atoms with E-state index >= 15 is 0 Å². The minimum absolute atomic E-state index is 0.616. The maximum absolute atomic E-state index is 8.95. The van der Waals surface area contributed by atoms with E-state index in [1.54, 1.807) is 0 Å². The number of hydrogen-bond donors (Lipinski definition) is 0. The minimum atomic E-state index is 0.616. The van der Waals surface area contributed by atoms with E-state index in [2.05, 4.69) is 11.0 Å². The third kappa shape index (κ3) is 3.92. The average Bonchev–Trinajstić information content (AvgIpc) is 2.25. The van der Waals surface area contributed by atoms with Gasteiger partial charge in [-0.15, -0.1) is 0 Å². The van der Waals surface area contributed by atoms with Crippen LogP contribution in [0.1, 0.15) is 17.5 Å². The number of hydrogen-bond acceptors (Lipinski definition) is 3. The molecule has 0 aliphatic carbocycles. The van der Waals surface area contributed by atoms with Crippen molar-refractivity contribution in [1.29, 1.82) is 5.26 Å². The summed E-state index contributed by atoms with van der Waals surface area (Å²) in [6.45, 7) is 3.61. The maximum atomic E-state index is 8.95. The third-order valence-electron chi connectivity index (χ3n) is 2.26. The highest BCUT2D eigenvalue weighted by molar-refractivity contribution is 5.45. The van der Waals surface area contributed by atoms with E-state index in [9.17, 15) is 0 Å². The summed E-state index contributed by atoms with van der Waals surface area (Å²) >= 11 is 0. The molecule has 0 spiro atoms. The lowest BCUT2D eigenvalue weighted by Crippen LogP contribution is -2.15. The molecule has 0 heterocycles. The molecule has 0 radical (unpaired) electrons. The molecule has 3 heteroatoms. The molecular formula is C13H18N2O. The van der Waals surface area contributed by atoms with Gasteiger partial charge in [0.1, 0.15) is 11.8 Å². The smallest absolute Gasteiger partial charge is 0.137 e. The second kappa shape index (κ2) is 6.14. The highest BCUT2D eigenvalue weighted by atomic mass is 16.5. The number of ether oxygens (including phenoxy) is 1. The summed E-state index contributed by atoms with van der Waals surface area (Å²) in [5, 5.41) is 8.95.